The molecule has 1 atom stereocenters. The zero-order chi connectivity index (χ0) is 24.3. The van der Waals surface area contributed by atoms with Gasteiger partial charge in [0.05, 0.1) is 6.42 Å². The van der Waals surface area contributed by atoms with Gasteiger partial charge < -0.3 is 19.9 Å². The molecule has 0 saturated carbocycles. The predicted octanol–water partition coefficient (Wildman–Crippen LogP) is 2.09. The molecule has 0 fully saturated rings. The molecule has 0 aliphatic heterocycles. The third-order valence-corrected chi connectivity index (χ3v) is 4.05. The SMILES string of the molecule is CC(C)C(C(=O)NCCC(=O)OCc1ccccc1)N(CC(=O)O)NC(=O)OC(C)(C)C. The molecule has 0 radical (unpaired) electrons. The van der Waals surface area contributed by atoms with E-state index in [2.05, 4.69) is 10.7 Å². The summed E-state index contributed by atoms with van der Waals surface area (Å²) >= 11 is 0. The van der Waals surface area contributed by atoms with Crippen LogP contribution in [0.2, 0.25) is 0 Å². The predicted molar refractivity (Wildman–Crippen MR) is 116 cm³/mol. The number of hydrazine groups is 1. The lowest BCUT2D eigenvalue weighted by molar-refractivity contribution is -0.144. The summed E-state index contributed by atoms with van der Waals surface area (Å²) in [6.07, 6.45) is -0.927. The second kappa shape index (κ2) is 12.7. The van der Waals surface area contributed by atoms with Crippen molar-refractivity contribution in [1.29, 1.82) is 0 Å². The summed E-state index contributed by atoms with van der Waals surface area (Å²) in [4.78, 5) is 48.1. The fraction of sp³-hybridized carbons (Fsp3) is 0.545. The van der Waals surface area contributed by atoms with E-state index in [1.54, 1.807) is 34.6 Å². The van der Waals surface area contributed by atoms with E-state index >= 15 is 0 Å². The maximum absolute atomic E-state index is 12.7. The van der Waals surface area contributed by atoms with E-state index in [-0.39, 0.29) is 25.5 Å². The van der Waals surface area contributed by atoms with Gasteiger partial charge in [-0.2, -0.15) is 5.01 Å². The summed E-state index contributed by atoms with van der Waals surface area (Å²) in [5.41, 5.74) is 2.40. The number of benzene rings is 1. The fourth-order valence-corrected chi connectivity index (χ4v) is 2.78. The molecule has 32 heavy (non-hydrogen) atoms. The van der Waals surface area contributed by atoms with Crippen LogP contribution in [-0.2, 0) is 30.5 Å². The molecular weight excluding hydrogens is 418 g/mol. The maximum atomic E-state index is 12.7. The molecule has 1 aromatic rings. The van der Waals surface area contributed by atoms with Crippen molar-refractivity contribution in [3.63, 3.8) is 0 Å². The minimum atomic E-state index is -1.23. The first-order chi connectivity index (χ1) is 14.9. The smallest absolute Gasteiger partial charge is 0.422 e. The number of carboxylic acids is 1. The fourth-order valence-electron chi connectivity index (χ4n) is 2.78. The van der Waals surface area contributed by atoms with E-state index in [9.17, 15) is 24.3 Å². The lowest BCUT2D eigenvalue weighted by atomic mass is 10.0. The first-order valence-electron chi connectivity index (χ1n) is 10.3. The molecule has 1 rings (SSSR count). The molecule has 10 heteroatoms. The monoisotopic (exact) mass is 451 g/mol. The third-order valence-electron chi connectivity index (χ3n) is 4.05. The number of carbonyl (C=O) groups is 4. The van der Waals surface area contributed by atoms with E-state index in [0.717, 1.165) is 10.6 Å². The second-order valence-corrected chi connectivity index (χ2v) is 8.51. The lowest BCUT2D eigenvalue weighted by Gasteiger charge is -2.32. The summed E-state index contributed by atoms with van der Waals surface area (Å²) in [5, 5.41) is 12.8. The molecule has 2 amide bonds. The number of nitrogens with one attached hydrogen (secondary N) is 2. The van der Waals surface area contributed by atoms with Crippen LogP contribution in [0.5, 0.6) is 0 Å². The van der Waals surface area contributed by atoms with Gasteiger partial charge in [0.25, 0.3) is 0 Å². The average Bonchev–Trinajstić information content (AvgIpc) is 2.65. The molecule has 0 aliphatic rings. The Labute approximate surface area is 188 Å². The maximum Gasteiger partial charge on any atom is 0.422 e. The van der Waals surface area contributed by atoms with E-state index < -0.39 is 42.1 Å². The molecule has 178 valence electrons. The van der Waals surface area contributed by atoms with Crippen molar-refractivity contribution in [1.82, 2.24) is 15.8 Å². The minimum absolute atomic E-state index is 0.00300. The van der Waals surface area contributed by atoms with Gasteiger partial charge in [-0.15, -0.1) is 0 Å². The van der Waals surface area contributed by atoms with Gasteiger partial charge in [-0.25, -0.2) is 4.79 Å². The Morgan fingerprint density at radius 3 is 2.25 bits per heavy atom. The van der Waals surface area contributed by atoms with Gasteiger partial charge in [-0.05, 0) is 32.3 Å². The van der Waals surface area contributed by atoms with Crippen LogP contribution >= 0.6 is 0 Å². The molecule has 0 aliphatic carbocycles. The number of aliphatic carboxylic acids is 1. The molecule has 0 bridgehead atoms. The Kier molecular flexibility index (Phi) is 10.6. The number of nitrogens with zero attached hydrogens (tertiary/aromatic N) is 1. The van der Waals surface area contributed by atoms with E-state index in [4.69, 9.17) is 9.47 Å². The van der Waals surface area contributed by atoms with Gasteiger partial charge in [0, 0.05) is 6.54 Å². The molecule has 10 nitrogen and oxygen atoms in total. The second-order valence-electron chi connectivity index (χ2n) is 8.51. The Hall–Kier alpha value is -3.14. The zero-order valence-electron chi connectivity index (χ0n) is 19.2. The number of rotatable bonds is 11. The standard InChI is InChI=1S/C22H33N3O7/c1-15(2)19(25(13-17(26)27)24-21(30)32-22(3,4)5)20(29)23-12-11-18(28)31-14-16-9-7-6-8-10-16/h6-10,15,19H,11-14H2,1-5H3,(H,23,29)(H,24,30)(H,26,27). The van der Waals surface area contributed by atoms with Gasteiger partial charge in [0.1, 0.15) is 24.8 Å². The molecule has 0 saturated heterocycles. The van der Waals surface area contributed by atoms with Crippen LogP contribution in [-0.4, -0.2) is 58.8 Å². The van der Waals surface area contributed by atoms with Crippen LogP contribution in [0.3, 0.4) is 0 Å². The quantitative estimate of drug-likeness (QED) is 0.344. The molecule has 0 aromatic heterocycles. The van der Waals surface area contributed by atoms with Crippen molar-refractivity contribution in [2.45, 2.75) is 59.3 Å². The first kappa shape index (κ1) is 26.9. The first-order valence-corrected chi connectivity index (χ1v) is 10.3. The number of ether oxygens (including phenoxy) is 2. The largest absolute Gasteiger partial charge is 0.480 e. The van der Waals surface area contributed by atoms with Crippen molar-refractivity contribution >= 4 is 23.9 Å². The summed E-state index contributed by atoms with van der Waals surface area (Å²) in [5.74, 6) is -2.60. The van der Waals surface area contributed by atoms with Gasteiger partial charge >= 0.3 is 18.0 Å². The van der Waals surface area contributed by atoms with Gasteiger partial charge in [-0.3, -0.25) is 19.8 Å². The summed E-state index contributed by atoms with van der Waals surface area (Å²) in [6.45, 7) is 7.94. The Balaban J connectivity index is 2.66. The normalized spacial score (nSPS) is 12.2. The summed E-state index contributed by atoms with van der Waals surface area (Å²) in [6, 6.07) is 8.19. The van der Waals surface area contributed by atoms with E-state index in [1.807, 2.05) is 30.3 Å². The summed E-state index contributed by atoms with van der Waals surface area (Å²) in [7, 11) is 0. The van der Waals surface area contributed by atoms with Gasteiger partial charge in [0.15, 0.2) is 0 Å². The van der Waals surface area contributed by atoms with Crippen LogP contribution in [0.25, 0.3) is 0 Å². The number of carbonyl (C=O) groups excluding carboxylic acids is 3. The Bertz CT molecular complexity index is 775. The highest BCUT2D eigenvalue weighted by molar-refractivity contribution is 5.84. The molecule has 1 unspecified atom stereocenters. The zero-order valence-corrected chi connectivity index (χ0v) is 19.2. The molecule has 3 N–H and O–H groups in total. The Morgan fingerprint density at radius 2 is 1.72 bits per heavy atom. The van der Waals surface area contributed by atoms with Crippen molar-refractivity contribution in [2.24, 2.45) is 5.92 Å². The highest BCUT2D eigenvalue weighted by atomic mass is 16.6. The van der Waals surface area contributed by atoms with E-state index in [1.165, 1.54) is 0 Å². The molecule has 0 heterocycles. The van der Waals surface area contributed by atoms with Crippen molar-refractivity contribution in [3.05, 3.63) is 35.9 Å². The highest BCUT2D eigenvalue weighted by Gasteiger charge is 2.32. The number of carboxylic acid groups (broad SMARTS) is 1. The molecule has 0 spiro atoms. The van der Waals surface area contributed by atoms with Crippen molar-refractivity contribution in [2.75, 3.05) is 13.1 Å². The number of amides is 2. The highest BCUT2D eigenvalue weighted by Crippen LogP contribution is 2.12. The van der Waals surface area contributed by atoms with Crippen molar-refractivity contribution in [3.8, 4) is 0 Å². The number of hydrogen-bond donors (Lipinski definition) is 3. The number of hydrogen-bond acceptors (Lipinski definition) is 7. The van der Waals surface area contributed by atoms with Crippen LogP contribution < -0.4 is 10.7 Å². The van der Waals surface area contributed by atoms with Crippen LogP contribution in [0.1, 0.15) is 46.6 Å². The lowest BCUT2D eigenvalue weighted by Crippen LogP contribution is -2.59. The molecule has 1 aromatic carbocycles. The van der Waals surface area contributed by atoms with Gasteiger partial charge in [-0.1, -0.05) is 44.2 Å². The van der Waals surface area contributed by atoms with Crippen LogP contribution in [0.4, 0.5) is 4.79 Å². The Morgan fingerprint density at radius 1 is 1.09 bits per heavy atom. The van der Waals surface area contributed by atoms with Crippen LogP contribution in [0, 0.1) is 5.92 Å². The van der Waals surface area contributed by atoms with Gasteiger partial charge in [0.2, 0.25) is 5.91 Å². The van der Waals surface area contributed by atoms with Crippen LogP contribution in [0.15, 0.2) is 30.3 Å². The summed E-state index contributed by atoms with van der Waals surface area (Å²) < 4.78 is 10.3. The minimum Gasteiger partial charge on any atom is -0.480 e. The third kappa shape index (κ3) is 10.8. The van der Waals surface area contributed by atoms with Crippen molar-refractivity contribution < 1.29 is 33.8 Å². The topological polar surface area (TPSA) is 134 Å². The van der Waals surface area contributed by atoms with E-state index in [0.29, 0.717) is 0 Å². The number of esters is 1. The molecular formula is C22H33N3O7. The average molecular weight is 452 g/mol.